The molecule has 0 unspecified atom stereocenters. The quantitative estimate of drug-likeness (QED) is 0.273. The van der Waals surface area contributed by atoms with Crippen LogP contribution in [0.2, 0.25) is 0 Å². The molecule has 2 aromatic rings. The number of halogens is 3. The Balaban J connectivity index is 1.81. The molecule has 1 heterocycles. The second-order valence-electron chi connectivity index (χ2n) is 5.75. The molecule has 29 heavy (non-hydrogen) atoms. The van der Waals surface area contributed by atoms with Crippen LogP contribution < -0.4 is 4.74 Å². The van der Waals surface area contributed by atoms with Crippen LogP contribution in [-0.4, -0.2) is 31.1 Å². The van der Waals surface area contributed by atoms with Crippen molar-refractivity contribution in [2.45, 2.75) is 6.92 Å². The number of rotatable bonds is 6. The average Bonchev–Trinajstić information content (AvgIpc) is 3.02. The van der Waals surface area contributed by atoms with Gasteiger partial charge in [0.1, 0.15) is 11.6 Å². The second-order valence-corrected chi connectivity index (χ2v) is 8.07. The van der Waals surface area contributed by atoms with E-state index in [1.54, 1.807) is 25.1 Å². The molecule has 0 bridgehead atoms. The van der Waals surface area contributed by atoms with E-state index in [-0.39, 0.29) is 24.0 Å². The predicted octanol–water partition coefficient (Wildman–Crippen LogP) is 4.32. The van der Waals surface area contributed by atoms with Crippen LogP contribution in [0.25, 0.3) is 6.08 Å². The maximum Gasteiger partial charge on any atom is 0.363 e. The van der Waals surface area contributed by atoms with Gasteiger partial charge in [0.25, 0.3) is 0 Å². The minimum Gasteiger partial charge on any atom is -0.480 e. The maximum atomic E-state index is 13.1. The molecule has 0 aliphatic carbocycles. The topological polar surface area (TPSA) is 74.2 Å². The SMILES string of the molecule is CCOC(=O)COc1c(I)cc(/C=C2\N=C(c3ccc(F)cc3)OC2=O)cc1I. The minimum absolute atomic E-state index is 0.125. The van der Waals surface area contributed by atoms with E-state index in [4.69, 9.17) is 14.2 Å². The fraction of sp³-hybridized carbons (Fsp3) is 0.150. The molecule has 2 aromatic carbocycles. The fourth-order valence-electron chi connectivity index (χ4n) is 2.42. The van der Waals surface area contributed by atoms with Crippen molar-refractivity contribution >= 4 is 69.1 Å². The predicted molar refractivity (Wildman–Crippen MR) is 121 cm³/mol. The van der Waals surface area contributed by atoms with E-state index in [0.717, 1.165) is 12.7 Å². The van der Waals surface area contributed by atoms with Crippen LogP contribution in [0.15, 0.2) is 47.1 Å². The lowest BCUT2D eigenvalue weighted by molar-refractivity contribution is -0.145. The van der Waals surface area contributed by atoms with E-state index < -0.39 is 11.9 Å². The fourth-order valence-corrected chi connectivity index (χ4v) is 4.55. The van der Waals surface area contributed by atoms with Crippen molar-refractivity contribution in [1.29, 1.82) is 0 Å². The van der Waals surface area contributed by atoms with Crippen molar-refractivity contribution in [2.75, 3.05) is 13.2 Å². The Bertz CT molecular complexity index is 995. The van der Waals surface area contributed by atoms with Crippen molar-refractivity contribution < 1.29 is 28.2 Å². The molecule has 0 atom stereocenters. The minimum atomic E-state index is -0.586. The van der Waals surface area contributed by atoms with Gasteiger partial charge in [-0.05, 0) is 100 Å². The van der Waals surface area contributed by atoms with Gasteiger partial charge in [-0.1, -0.05) is 0 Å². The van der Waals surface area contributed by atoms with Crippen LogP contribution >= 0.6 is 45.2 Å². The molecule has 0 saturated heterocycles. The normalized spacial score (nSPS) is 14.6. The van der Waals surface area contributed by atoms with Gasteiger partial charge < -0.3 is 14.2 Å². The molecule has 0 spiro atoms. The maximum absolute atomic E-state index is 13.1. The zero-order valence-electron chi connectivity index (χ0n) is 15.1. The Morgan fingerprint density at radius 3 is 2.48 bits per heavy atom. The lowest BCUT2D eigenvalue weighted by atomic mass is 10.2. The molecule has 6 nitrogen and oxygen atoms in total. The highest BCUT2D eigenvalue weighted by Gasteiger charge is 2.24. The van der Waals surface area contributed by atoms with Crippen LogP contribution in [0.3, 0.4) is 0 Å². The summed E-state index contributed by atoms with van der Waals surface area (Å²) in [4.78, 5) is 27.8. The number of aliphatic imine (C=N–C) groups is 1. The van der Waals surface area contributed by atoms with Crippen molar-refractivity contribution in [1.82, 2.24) is 0 Å². The van der Waals surface area contributed by atoms with E-state index in [1.165, 1.54) is 24.3 Å². The zero-order chi connectivity index (χ0) is 21.0. The molecule has 1 aliphatic heterocycles. The third-order valence-corrected chi connectivity index (χ3v) is 5.28. The Hall–Kier alpha value is -2.02. The van der Waals surface area contributed by atoms with Gasteiger partial charge in [-0.3, -0.25) is 0 Å². The molecule has 0 radical (unpaired) electrons. The monoisotopic (exact) mass is 621 g/mol. The third kappa shape index (κ3) is 5.53. The molecule has 9 heteroatoms. The summed E-state index contributed by atoms with van der Waals surface area (Å²) in [7, 11) is 0. The highest BCUT2D eigenvalue weighted by molar-refractivity contribution is 14.1. The first-order valence-electron chi connectivity index (χ1n) is 8.43. The van der Waals surface area contributed by atoms with E-state index in [1.807, 2.05) is 0 Å². The molecule has 0 fully saturated rings. The van der Waals surface area contributed by atoms with Gasteiger partial charge in [0.15, 0.2) is 12.3 Å². The van der Waals surface area contributed by atoms with E-state index >= 15 is 0 Å². The van der Waals surface area contributed by atoms with Crippen LogP contribution in [0, 0.1) is 13.0 Å². The number of cyclic esters (lactones) is 1. The van der Waals surface area contributed by atoms with Gasteiger partial charge in [-0.25, -0.2) is 19.0 Å². The number of carbonyl (C=O) groups is 2. The molecule has 150 valence electrons. The number of hydrogen-bond acceptors (Lipinski definition) is 6. The number of hydrogen-bond donors (Lipinski definition) is 0. The molecule has 0 aromatic heterocycles. The van der Waals surface area contributed by atoms with Gasteiger partial charge in [0.05, 0.1) is 13.7 Å². The molecule has 1 aliphatic rings. The molecular formula is C20H14FI2NO5. The van der Waals surface area contributed by atoms with Gasteiger partial charge in [0.2, 0.25) is 5.90 Å². The van der Waals surface area contributed by atoms with Gasteiger partial charge in [0, 0.05) is 5.56 Å². The van der Waals surface area contributed by atoms with Crippen molar-refractivity contribution in [3.05, 3.63) is 66.2 Å². The molecule has 0 amide bonds. The van der Waals surface area contributed by atoms with Gasteiger partial charge >= 0.3 is 11.9 Å². The summed E-state index contributed by atoms with van der Waals surface area (Å²) < 4.78 is 30.2. The Kier molecular flexibility index (Phi) is 7.22. The van der Waals surface area contributed by atoms with Gasteiger partial charge in [-0.2, -0.15) is 0 Å². The smallest absolute Gasteiger partial charge is 0.363 e. The molecule has 0 N–H and O–H groups in total. The first kappa shape index (κ1) is 21.7. The van der Waals surface area contributed by atoms with Crippen LogP contribution in [-0.2, 0) is 19.1 Å². The molecular weight excluding hydrogens is 607 g/mol. The summed E-state index contributed by atoms with van der Waals surface area (Å²) in [5.41, 5.74) is 1.37. The third-order valence-electron chi connectivity index (χ3n) is 3.68. The Morgan fingerprint density at radius 1 is 1.21 bits per heavy atom. The lowest BCUT2D eigenvalue weighted by Crippen LogP contribution is -2.15. The van der Waals surface area contributed by atoms with Crippen molar-refractivity contribution in [3.8, 4) is 5.75 Å². The zero-order valence-corrected chi connectivity index (χ0v) is 19.4. The number of nitrogens with zero attached hydrogens (tertiary/aromatic N) is 1. The summed E-state index contributed by atoms with van der Waals surface area (Å²) >= 11 is 4.18. The molecule has 3 rings (SSSR count). The number of ether oxygens (including phenoxy) is 3. The van der Waals surface area contributed by atoms with E-state index in [2.05, 4.69) is 50.2 Å². The first-order valence-corrected chi connectivity index (χ1v) is 10.6. The second kappa shape index (κ2) is 9.65. The van der Waals surface area contributed by atoms with Crippen molar-refractivity contribution in [3.63, 3.8) is 0 Å². The van der Waals surface area contributed by atoms with E-state index in [0.29, 0.717) is 17.9 Å². The highest BCUT2D eigenvalue weighted by Crippen LogP contribution is 2.30. The van der Waals surface area contributed by atoms with Crippen molar-refractivity contribution in [2.24, 2.45) is 4.99 Å². The summed E-state index contributed by atoms with van der Waals surface area (Å²) in [6.07, 6.45) is 1.60. The Labute approximate surface area is 193 Å². The summed E-state index contributed by atoms with van der Waals surface area (Å²) in [6, 6.07) is 9.13. The number of benzene rings is 2. The summed E-state index contributed by atoms with van der Waals surface area (Å²) in [5, 5.41) is 0. The largest absolute Gasteiger partial charge is 0.480 e. The number of esters is 2. The summed E-state index contributed by atoms with van der Waals surface area (Å²) in [5.74, 6) is -0.728. The average molecular weight is 621 g/mol. The standard InChI is InChI=1S/C20H14FI2NO5/c1-2-27-17(25)10-28-18-14(22)7-11(8-15(18)23)9-16-20(26)29-19(24-16)12-3-5-13(21)6-4-12/h3-9H,2,10H2,1H3/b16-9-. The number of carbonyl (C=O) groups excluding carboxylic acids is 2. The van der Waals surface area contributed by atoms with Crippen LogP contribution in [0.4, 0.5) is 4.39 Å². The van der Waals surface area contributed by atoms with Crippen LogP contribution in [0.1, 0.15) is 18.1 Å². The summed E-state index contributed by atoms with van der Waals surface area (Å²) in [6.45, 7) is 1.84. The first-order chi connectivity index (χ1) is 13.9. The van der Waals surface area contributed by atoms with Crippen LogP contribution in [0.5, 0.6) is 5.75 Å². The van der Waals surface area contributed by atoms with E-state index in [9.17, 15) is 14.0 Å². The highest BCUT2D eigenvalue weighted by atomic mass is 127. The molecule has 0 saturated carbocycles. The lowest BCUT2D eigenvalue weighted by Gasteiger charge is -2.11. The Morgan fingerprint density at radius 2 is 1.86 bits per heavy atom. The van der Waals surface area contributed by atoms with Gasteiger partial charge in [-0.15, -0.1) is 0 Å².